The van der Waals surface area contributed by atoms with Crippen molar-refractivity contribution in [3.63, 3.8) is 0 Å². The summed E-state index contributed by atoms with van der Waals surface area (Å²) in [5, 5.41) is 0. The highest BCUT2D eigenvalue weighted by Gasteiger charge is 2.61. The highest BCUT2D eigenvalue weighted by Crippen LogP contribution is 2.62. The molecule has 6 unspecified atom stereocenters. The first kappa shape index (κ1) is 46.3. The minimum atomic E-state index is -3.43. The standard InChI is InChI=1S/2C20H29FN4O5S/c2*1-12-6-16(24-31(3,27)28)17(25(12)19(26)29-2)11-30-15-4-5-20(8-13(20)7-15)18-22-9-14(21)10-23-18/h2*9-10,12-13,15-17,24H,4-8,11H2,1-3H3/t2*12-,13?,15?,16+,17+,20?/m11/s1. The fourth-order valence-corrected chi connectivity index (χ4v) is 12.3. The zero-order valence-corrected chi connectivity index (χ0v) is 37.5. The molecule has 2 aliphatic heterocycles. The number of rotatable bonds is 12. The van der Waals surface area contributed by atoms with Gasteiger partial charge in [-0.25, -0.2) is 64.6 Å². The number of likely N-dealkylation sites (tertiary alicyclic amines) is 2. The van der Waals surface area contributed by atoms with E-state index in [-0.39, 0.29) is 48.3 Å². The Morgan fingerprint density at radius 3 is 1.34 bits per heavy atom. The van der Waals surface area contributed by atoms with Crippen LogP contribution < -0.4 is 9.44 Å². The third-order valence-electron chi connectivity index (χ3n) is 13.8. The molecule has 2 saturated heterocycles. The number of sulfonamides is 2. The van der Waals surface area contributed by atoms with E-state index in [0.29, 0.717) is 36.3 Å². The number of nitrogens with zero attached hydrogens (tertiary/aromatic N) is 6. The highest BCUT2D eigenvalue weighted by atomic mass is 32.2. The molecule has 4 heterocycles. The molecule has 0 radical (unpaired) electrons. The third kappa shape index (κ3) is 10.1. The number of ether oxygens (including phenoxy) is 4. The van der Waals surface area contributed by atoms with Gasteiger partial charge in [0, 0.05) is 35.0 Å². The van der Waals surface area contributed by atoms with Crippen LogP contribution in [0.25, 0.3) is 0 Å². The summed E-state index contributed by atoms with van der Waals surface area (Å²) in [5.41, 5.74) is -0.151. The fraction of sp³-hybridized carbons (Fsp3) is 0.750. The Bertz CT molecular complexity index is 2010. The second kappa shape index (κ2) is 18.1. The summed E-state index contributed by atoms with van der Waals surface area (Å²) in [7, 11) is -4.23. The number of fused-ring (bicyclic) bond motifs is 2. The minimum absolute atomic E-state index is 0.00959. The Labute approximate surface area is 361 Å². The lowest BCUT2D eigenvalue weighted by Gasteiger charge is -2.32. The molecule has 6 aliphatic rings. The molecule has 22 heteroatoms. The molecule has 2 aromatic heterocycles. The molecule has 2 N–H and O–H groups in total. The van der Waals surface area contributed by atoms with E-state index in [1.807, 2.05) is 13.8 Å². The van der Waals surface area contributed by atoms with Crippen molar-refractivity contribution in [3.8, 4) is 0 Å². The molecule has 62 heavy (non-hydrogen) atoms. The first-order chi connectivity index (χ1) is 29.3. The predicted octanol–water partition coefficient (Wildman–Crippen LogP) is 3.18. The average Bonchev–Trinajstić information content (AvgIpc) is 4.08. The molecule has 4 saturated carbocycles. The zero-order valence-electron chi connectivity index (χ0n) is 35.9. The van der Waals surface area contributed by atoms with Gasteiger partial charge in [0.1, 0.15) is 11.6 Å². The Kier molecular flexibility index (Phi) is 13.5. The summed E-state index contributed by atoms with van der Waals surface area (Å²) >= 11 is 0. The molecule has 2 amide bonds. The van der Waals surface area contributed by atoms with Crippen molar-refractivity contribution < 1.29 is 54.2 Å². The van der Waals surface area contributed by atoms with E-state index < -0.39 is 68.0 Å². The maximum atomic E-state index is 13.2. The van der Waals surface area contributed by atoms with E-state index in [1.54, 1.807) is 9.80 Å². The second-order valence-electron chi connectivity index (χ2n) is 18.1. The van der Waals surface area contributed by atoms with Crippen molar-refractivity contribution in [2.75, 3.05) is 39.9 Å². The molecule has 344 valence electrons. The van der Waals surface area contributed by atoms with Crippen LogP contribution in [0.5, 0.6) is 0 Å². The van der Waals surface area contributed by atoms with Gasteiger partial charge in [-0.2, -0.15) is 0 Å². The lowest BCUT2D eigenvalue weighted by molar-refractivity contribution is -0.0103. The minimum Gasteiger partial charge on any atom is -0.453 e. The molecule has 12 atom stereocenters. The summed E-state index contributed by atoms with van der Waals surface area (Å²) < 4.78 is 101. The number of amides is 2. The Morgan fingerprint density at radius 1 is 0.677 bits per heavy atom. The summed E-state index contributed by atoms with van der Waals surface area (Å²) in [6.45, 7) is 4.19. The SMILES string of the molecule is COC(=O)N1[C@H](C)C[C@H](NS(C)(=O)=O)[C@@H]1COC1CCC2(c3ncc(F)cn3)CC2C1.COC(=O)N1[C@H](C)C[C@H](NS(C)(=O)=O)[C@@H]1COC1CCC2(c3ncc(F)cn3)CC2C1. The number of methoxy groups -OCH3 is 2. The van der Waals surface area contributed by atoms with Crippen molar-refractivity contribution in [1.82, 2.24) is 39.2 Å². The van der Waals surface area contributed by atoms with E-state index >= 15 is 0 Å². The number of hydrogen-bond donors (Lipinski definition) is 2. The van der Waals surface area contributed by atoms with Crippen LogP contribution in [-0.2, 0) is 49.8 Å². The molecule has 8 rings (SSSR count). The largest absolute Gasteiger partial charge is 0.453 e. The van der Waals surface area contributed by atoms with Crippen molar-refractivity contribution in [3.05, 3.63) is 48.1 Å². The lowest BCUT2D eigenvalue weighted by atomic mass is 9.86. The van der Waals surface area contributed by atoms with Crippen LogP contribution in [0.4, 0.5) is 18.4 Å². The van der Waals surface area contributed by atoms with Gasteiger partial charge in [0.2, 0.25) is 20.0 Å². The number of carbonyl (C=O) groups is 2. The van der Waals surface area contributed by atoms with Gasteiger partial charge >= 0.3 is 12.2 Å². The van der Waals surface area contributed by atoms with Gasteiger partial charge in [0.25, 0.3) is 0 Å². The van der Waals surface area contributed by atoms with Gasteiger partial charge in [-0.05, 0) is 89.9 Å². The maximum Gasteiger partial charge on any atom is 0.410 e. The first-order valence-corrected chi connectivity index (χ1v) is 24.9. The average molecular weight is 913 g/mol. The summed E-state index contributed by atoms with van der Waals surface area (Å²) in [6.07, 6.45) is 14.1. The van der Waals surface area contributed by atoms with E-state index in [1.165, 1.54) is 39.0 Å². The molecule has 0 spiro atoms. The predicted molar refractivity (Wildman–Crippen MR) is 218 cm³/mol. The Hall–Kier alpha value is -3.70. The van der Waals surface area contributed by atoms with Crippen LogP contribution in [0.15, 0.2) is 24.8 Å². The molecular formula is C40H58F2N8O10S2. The van der Waals surface area contributed by atoms with Crippen molar-refractivity contribution >= 4 is 32.2 Å². The van der Waals surface area contributed by atoms with Gasteiger partial charge in [-0.3, -0.25) is 9.80 Å². The van der Waals surface area contributed by atoms with Crippen molar-refractivity contribution in [2.24, 2.45) is 11.8 Å². The van der Waals surface area contributed by atoms with Gasteiger partial charge in [0.05, 0.1) is 89.0 Å². The van der Waals surface area contributed by atoms with Crippen molar-refractivity contribution in [1.29, 1.82) is 0 Å². The summed E-state index contributed by atoms with van der Waals surface area (Å²) in [4.78, 5) is 44.5. The van der Waals surface area contributed by atoms with Crippen LogP contribution in [0.1, 0.15) is 89.7 Å². The van der Waals surface area contributed by atoms with Gasteiger partial charge in [0.15, 0.2) is 11.6 Å². The van der Waals surface area contributed by atoms with Crippen LogP contribution in [0, 0.1) is 23.5 Å². The third-order valence-corrected chi connectivity index (χ3v) is 15.3. The number of carbonyl (C=O) groups excluding carboxylic acids is 2. The monoisotopic (exact) mass is 912 g/mol. The molecule has 4 aliphatic carbocycles. The van der Waals surface area contributed by atoms with E-state index in [9.17, 15) is 35.2 Å². The fourth-order valence-electron chi connectivity index (χ4n) is 10.7. The molecular weight excluding hydrogens is 855 g/mol. The van der Waals surface area contributed by atoms with Crippen molar-refractivity contribution in [2.45, 2.75) is 137 Å². The van der Waals surface area contributed by atoms with Gasteiger partial charge < -0.3 is 18.9 Å². The molecule has 0 bridgehead atoms. The number of nitrogens with one attached hydrogen (secondary N) is 2. The second-order valence-corrected chi connectivity index (χ2v) is 21.6. The van der Waals surface area contributed by atoms with Crippen LogP contribution in [-0.4, -0.2) is 147 Å². The highest BCUT2D eigenvalue weighted by molar-refractivity contribution is 7.89. The van der Waals surface area contributed by atoms with Gasteiger partial charge in [-0.1, -0.05) is 0 Å². The maximum absolute atomic E-state index is 13.2. The van der Waals surface area contributed by atoms with E-state index in [4.69, 9.17) is 18.9 Å². The quantitative estimate of drug-likeness (QED) is 0.313. The first-order valence-electron chi connectivity index (χ1n) is 21.1. The van der Waals surface area contributed by atoms with E-state index in [0.717, 1.165) is 63.9 Å². The number of hydrogen-bond acceptors (Lipinski definition) is 14. The van der Waals surface area contributed by atoms with Crippen LogP contribution in [0.3, 0.4) is 0 Å². The zero-order chi connectivity index (χ0) is 44.8. The molecule has 18 nitrogen and oxygen atoms in total. The Balaban J connectivity index is 0.000000186. The lowest BCUT2D eigenvalue weighted by Crippen LogP contribution is -2.50. The normalized spacial score (nSPS) is 35.0. The van der Waals surface area contributed by atoms with E-state index in [2.05, 4.69) is 29.4 Å². The molecule has 2 aromatic rings. The number of aromatic nitrogens is 4. The van der Waals surface area contributed by atoms with Crippen LogP contribution >= 0.6 is 0 Å². The molecule has 0 aromatic carbocycles. The molecule has 6 fully saturated rings. The van der Waals surface area contributed by atoms with Crippen LogP contribution in [0.2, 0.25) is 0 Å². The topological polar surface area (TPSA) is 221 Å². The van der Waals surface area contributed by atoms with Gasteiger partial charge in [-0.15, -0.1) is 0 Å². The summed E-state index contributed by atoms with van der Waals surface area (Å²) in [6, 6.07) is -2.08. The Morgan fingerprint density at radius 2 is 1.03 bits per heavy atom. The smallest absolute Gasteiger partial charge is 0.410 e. The summed E-state index contributed by atoms with van der Waals surface area (Å²) in [5.74, 6) is 1.31. The number of halogens is 2.